The van der Waals surface area contributed by atoms with Crippen LogP contribution in [0.5, 0.6) is 0 Å². The van der Waals surface area contributed by atoms with E-state index in [2.05, 4.69) is 17.9 Å². The Morgan fingerprint density at radius 2 is 1.78 bits per heavy atom. The third-order valence-corrected chi connectivity index (χ3v) is 5.93. The maximum absolute atomic E-state index is 13.4. The number of benzene rings is 2. The lowest BCUT2D eigenvalue weighted by Crippen LogP contribution is -2.48. The molecule has 1 aliphatic heterocycles. The second-order valence-corrected chi connectivity index (χ2v) is 7.73. The molecule has 0 saturated carbocycles. The van der Waals surface area contributed by atoms with Crippen molar-refractivity contribution >= 4 is 11.1 Å². The summed E-state index contributed by atoms with van der Waals surface area (Å²) in [6.07, 6.45) is 4.40. The summed E-state index contributed by atoms with van der Waals surface area (Å²) in [5.41, 5.74) is 3.38. The first-order valence-corrected chi connectivity index (χ1v) is 9.57. The Labute approximate surface area is 158 Å². The highest BCUT2D eigenvalue weighted by molar-refractivity contribution is 5.74. The number of aryl methyl sites for hydroxylation is 1. The molecule has 0 bridgehead atoms. The van der Waals surface area contributed by atoms with E-state index in [0.29, 0.717) is 5.58 Å². The van der Waals surface area contributed by atoms with Gasteiger partial charge in [0.25, 0.3) is 0 Å². The third kappa shape index (κ3) is 3.32. The zero-order chi connectivity index (χ0) is 19.0. The molecule has 4 rings (SSSR count). The monoisotopic (exact) mass is 368 g/mol. The lowest BCUT2D eigenvalue weighted by atomic mass is 9.82. The van der Waals surface area contributed by atoms with Gasteiger partial charge in [-0.1, -0.05) is 24.6 Å². The highest BCUT2D eigenvalue weighted by atomic mass is 19.1. The summed E-state index contributed by atoms with van der Waals surface area (Å²) in [4.78, 5) is 14.4. The number of likely N-dealkylation sites (tertiary alicyclic amines) is 1. The van der Waals surface area contributed by atoms with Gasteiger partial charge in [-0.2, -0.15) is 0 Å². The average Bonchev–Trinajstić information content (AvgIpc) is 2.97. The molecule has 27 heavy (non-hydrogen) atoms. The van der Waals surface area contributed by atoms with Crippen molar-refractivity contribution in [1.82, 2.24) is 9.47 Å². The van der Waals surface area contributed by atoms with Gasteiger partial charge in [0.05, 0.1) is 5.52 Å². The molecule has 0 radical (unpaired) electrons. The number of hydrogen-bond donors (Lipinski definition) is 0. The van der Waals surface area contributed by atoms with Gasteiger partial charge in [0.15, 0.2) is 5.58 Å². The van der Waals surface area contributed by atoms with Gasteiger partial charge in [-0.3, -0.25) is 9.47 Å². The molecule has 1 aromatic heterocycles. The van der Waals surface area contributed by atoms with Crippen LogP contribution in [-0.2, 0) is 19.0 Å². The minimum absolute atomic E-state index is 0.217. The summed E-state index contributed by atoms with van der Waals surface area (Å²) in [6.45, 7) is 4.31. The number of hydrogen-bond acceptors (Lipinski definition) is 3. The fraction of sp³-hybridized carbons (Fsp3) is 0.409. The molecule has 142 valence electrons. The van der Waals surface area contributed by atoms with E-state index in [1.165, 1.54) is 36.0 Å². The fourth-order valence-corrected chi connectivity index (χ4v) is 4.25. The first-order chi connectivity index (χ1) is 13.0. The maximum atomic E-state index is 13.4. The van der Waals surface area contributed by atoms with Crippen molar-refractivity contribution in [3.8, 4) is 0 Å². The van der Waals surface area contributed by atoms with E-state index in [0.717, 1.165) is 36.2 Å². The van der Waals surface area contributed by atoms with E-state index < -0.39 is 0 Å². The molecule has 2 heterocycles. The van der Waals surface area contributed by atoms with E-state index in [9.17, 15) is 9.18 Å². The largest absolute Gasteiger partial charge is 0.419 e. The normalized spacial score (nSPS) is 17.9. The topological polar surface area (TPSA) is 38.4 Å². The number of fused-ring (bicyclic) bond motifs is 1. The van der Waals surface area contributed by atoms with Gasteiger partial charge in [-0.05, 0) is 74.7 Å². The predicted octanol–water partition coefficient (Wildman–Crippen LogP) is 4.21. The third-order valence-electron chi connectivity index (χ3n) is 5.93. The maximum Gasteiger partial charge on any atom is 0.419 e. The van der Waals surface area contributed by atoms with Crippen molar-refractivity contribution in [3.05, 3.63) is 70.0 Å². The van der Waals surface area contributed by atoms with Crippen molar-refractivity contribution in [2.24, 2.45) is 7.05 Å². The molecule has 5 heteroatoms. The van der Waals surface area contributed by atoms with Crippen molar-refractivity contribution in [1.29, 1.82) is 0 Å². The van der Waals surface area contributed by atoms with Gasteiger partial charge in [0, 0.05) is 12.6 Å². The first-order valence-electron chi connectivity index (χ1n) is 9.57. The van der Waals surface area contributed by atoms with Crippen LogP contribution in [0.3, 0.4) is 0 Å². The quantitative estimate of drug-likeness (QED) is 0.692. The van der Waals surface area contributed by atoms with Gasteiger partial charge < -0.3 is 4.42 Å². The Kier molecular flexibility index (Phi) is 4.64. The molecule has 0 N–H and O–H groups in total. The Balaban J connectivity index is 1.78. The average molecular weight is 368 g/mol. The molecule has 0 spiro atoms. The van der Waals surface area contributed by atoms with Gasteiger partial charge in [0.2, 0.25) is 0 Å². The minimum atomic E-state index is -0.347. The predicted molar refractivity (Wildman–Crippen MR) is 104 cm³/mol. The van der Waals surface area contributed by atoms with Crippen molar-refractivity contribution in [2.45, 2.75) is 38.1 Å². The van der Waals surface area contributed by atoms with Crippen LogP contribution in [0.15, 0.2) is 51.7 Å². The fourth-order valence-electron chi connectivity index (χ4n) is 4.25. The van der Waals surface area contributed by atoms with E-state index in [4.69, 9.17) is 4.42 Å². The number of halogens is 1. The van der Waals surface area contributed by atoms with E-state index in [1.807, 2.05) is 24.3 Å². The highest BCUT2D eigenvalue weighted by Crippen LogP contribution is 2.36. The van der Waals surface area contributed by atoms with Gasteiger partial charge in [-0.15, -0.1) is 0 Å². The van der Waals surface area contributed by atoms with Gasteiger partial charge >= 0.3 is 5.76 Å². The molecule has 4 nitrogen and oxygen atoms in total. The minimum Gasteiger partial charge on any atom is -0.408 e. The van der Waals surface area contributed by atoms with Crippen LogP contribution in [0.2, 0.25) is 0 Å². The van der Waals surface area contributed by atoms with E-state index in [-0.39, 0.29) is 17.1 Å². The van der Waals surface area contributed by atoms with Crippen LogP contribution in [0.1, 0.15) is 37.3 Å². The van der Waals surface area contributed by atoms with Gasteiger partial charge in [-0.25, -0.2) is 9.18 Å². The summed E-state index contributed by atoms with van der Waals surface area (Å²) in [7, 11) is 1.72. The summed E-state index contributed by atoms with van der Waals surface area (Å²) < 4.78 is 20.3. The Hall–Kier alpha value is -2.40. The lowest BCUT2D eigenvalue weighted by Gasteiger charge is -2.44. The molecular weight excluding hydrogens is 343 g/mol. The standard InChI is InChI=1S/C22H25FN2O2/c1-22(25-12-4-3-5-13-25,15-16-6-9-18(23)10-7-16)17-8-11-19-20(14-17)27-21(26)24(19)2/h6-11,14H,3-5,12-13,15H2,1-2H3. The molecule has 1 atom stereocenters. The van der Waals surface area contributed by atoms with E-state index >= 15 is 0 Å². The van der Waals surface area contributed by atoms with Crippen molar-refractivity contribution < 1.29 is 8.81 Å². The molecule has 1 aliphatic rings. The molecule has 1 unspecified atom stereocenters. The van der Waals surface area contributed by atoms with E-state index in [1.54, 1.807) is 7.05 Å². The van der Waals surface area contributed by atoms with Crippen LogP contribution in [0.25, 0.3) is 11.1 Å². The molecular formula is C22H25FN2O2. The van der Waals surface area contributed by atoms with Crippen LogP contribution in [0, 0.1) is 5.82 Å². The van der Waals surface area contributed by atoms with Crippen LogP contribution < -0.4 is 5.76 Å². The zero-order valence-corrected chi connectivity index (χ0v) is 15.9. The molecule has 1 saturated heterocycles. The SMILES string of the molecule is Cn1c(=O)oc2cc(C(C)(Cc3ccc(F)cc3)N3CCCCC3)ccc21. The Bertz CT molecular complexity index is 999. The summed E-state index contributed by atoms with van der Waals surface area (Å²) >= 11 is 0. The molecule has 0 amide bonds. The smallest absolute Gasteiger partial charge is 0.408 e. The number of rotatable bonds is 4. The number of oxazole rings is 1. The van der Waals surface area contributed by atoms with Crippen LogP contribution in [-0.4, -0.2) is 22.6 Å². The summed E-state index contributed by atoms with van der Waals surface area (Å²) in [5.74, 6) is -0.564. The second-order valence-electron chi connectivity index (χ2n) is 7.73. The van der Waals surface area contributed by atoms with Crippen LogP contribution >= 0.6 is 0 Å². The van der Waals surface area contributed by atoms with Crippen molar-refractivity contribution in [3.63, 3.8) is 0 Å². The summed E-state index contributed by atoms with van der Waals surface area (Å²) in [5, 5.41) is 0. The Morgan fingerprint density at radius 1 is 1.07 bits per heavy atom. The van der Waals surface area contributed by atoms with Gasteiger partial charge in [0.1, 0.15) is 5.82 Å². The van der Waals surface area contributed by atoms with Crippen LogP contribution in [0.4, 0.5) is 4.39 Å². The molecule has 1 fully saturated rings. The second kappa shape index (κ2) is 6.97. The number of piperidine rings is 1. The Morgan fingerprint density at radius 3 is 2.48 bits per heavy atom. The molecule has 0 aliphatic carbocycles. The number of aromatic nitrogens is 1. The molecule has 2 aromatic carbocycles. The summed E-state index contributed by atoms with van der Waals surface area (Å²) in [6, 6.07) is 12.8. The highest BCUT2D eigenvalue weighted by Gasteiger charge is 2.35. The molecule has 3 aromatic rings. The lowest BCUT2D eigenvalue weighted by molar-refractivity contribution is 0.0786. The first kappa shape index (κ1) is 18.0. The number of nitrogens with zero attached hydrogens (tertiary/aromatic N) is 2. The zero-order valence-electron chi connectivity index (χ0n) is 15.9. The van der Waals surface area contributed by atoms with Crippen molar-refractivity contribution in [2.75, 3.05) is 13.1 Å².